The van der Waals surface area contributed by atoms with E-state index < -0.39 is 6.36 Å². The number of alkyl halides is 4. The Balaban J connectivity index is 2.77. The first kappa shape index (κ1) is 12.2. The van der Waals surface area contributed by atoms with Gasteiger partial charge in [0, 0.05) is 5.88 Å². The lowest BCUT2D eigenvalue weighted by molar-refractivity contribution is -0.274. The number of para-hydroxylation sites is 1. The van der Waals surface area contributed by atoms with Crippen molar-refractivity contribution in [3.8, 4) is 5.75 Å². The van der Waals surface area contributed by atoms with Crippen molar-refractivity contribution in [2.24, 2.45) is 0 Å². The van der Waals surface area contributed by atoms with Gasteiger partial charge >= 0.3 is 6.36 Å². The third-order valence-electron chi connectivity index (χ3n) is 1.78. The lowest BCUT2D eigenvalue weighted by Gasteiger charge is -2.12. The van der Waals surface area contributed by atoms with Crippen LogP contribution < -0.4 is 4.74 Å². The summed E-state index contributed by atoms with van der Waals surface area (Å²) in [5.74, 6) is 0.274. The van der Waals surface area contributed by atoms with Crippen LogP contribution in [0.25, 0.3) is 0 Å². The summed E-state index contributed by atoms with van der Waals surface area (Å²) in [4.78, 5) is 0. The molecule has 84 valence electrons. The van der Waals surface area contributed by atoms with Gasteiger partial charge in [-0.3, -0.25) is 0 Å². The van der Waals surface area contributed by atoms with Crippen LogP contribution in [0.15, 0.2) is 24.3 Å². The smallest absolute Gasteiger partial charge is 0.406 e. The molecule has 0 radical (unpaired) electrons. The maximum atomic E-state index is 12.0. The number of aryl methyl sites for hydroxylation is 1. The molecule has 0 aliphatic heterocycles. The Morgan fingerprint density at radius 1 is 1.20 bits per heavy atom. The summed E-state index contributed by atoms with van der Waals surface area (Å²) in [6.07, 6.45) is -3.54. The van der Waals surface area contributed by atoms with Crippen molar-refractivity contribution in [2.45, 2.75) is 19.2 Å². The van der Waals surface area contributed by atoms with Crippen LogP contribution in [-0.2, 0) is 6.42 Å². The molecule has 15 heavy (non-hydrogen) atoms. The van der Waals surface area contributed by atoms with Crippen molar-refractivity contribution < 1.29 is 17.9 Å². The second-order valence-electron chi connectivity index (χ2n) is 2.95. The molecule has 0 fully saturated rings. The number of rotatable bonds is 4. The molecule has 0 N–H and O–H groups in total. The van der Waals surface area contributed by atoms with Crippen LogP contribution >= 0.6 is 11.6 Å². The monoisotopic (exact) mass is 238 g/mol. The van der Waals surface area contributed by atoms with Crippen LogP contribution in [0.2, 0.25) is 0 Å². The number of ether oxygens (including phenoxy) is 1. The van der Waals surface area contributed by atoms with Crippen LogP contribution in [0.5, 0.6) is 5.75 Å². The normalized spacial score (nSPS) is 11.5. The highest BCUT2D eigenvalue weighted by Crippen LogP contribution is 2.26. The molecule has 1 nitrogen and oxygen atoms in total. The second kappa shape index (κ2) is 5.26. The molecular formula is C10H10ClF3O. The first-order valence-corrected chi connectivity index (χ1v) is 4.96. The van der Waals surface area contributed by atoms with Crippen LogP contribution in [-0.4, -0.2) is 12.2 Å². The van der Waals surface area contributed by atoms with Crippen LogP contribution in [0, 0.1) is 0 Å². The Kier molecular flexibility index (Phi) is 4.27. The van der Waals surface area contributed by atoms with E-state index in [4.69, 9.17) is 11.6 Å². The van der Waals surface area contributed by atoms with E-state index in [0.717, 1.165) is 0 Å². The van der Waals surface area contributed by atoms with E-state index in [-0.39, 0.29) is 5.75 Å². The van der Waals surface area contributed by atoms with Gasteiger partial charge in [0.05, 0.1) is 0 Å². The maximum Gasteiger partial charge on any atom is 0.573 e. The number of benzene rings is 1. The molecule has 0 atom stereocenters. The van der Waals surface area contributed by atoms with E-state index >= 15 is 0 Å². The molecule has 0 aliphatic rings. The highest BCUT2D eigenvalue weighted by molar-refractivity contribution is 6.17. The third kappa shape index (κ3) is 4.42. The van der Waals surface area contributed by atoms with Gasteiger partial charge in [0.25, 0.3) is 0 Å². The zero-order valence-corrected chi connectivity index (χ0v) is 8.61. The summed E-state index contributed by atoms with van der Waals surface area (Å²) in [6.45, 7) is 0. The molecule has 0 aliphatic carbocycles. The molecule has 1 aromatic rings. The summed E-state index contributed by atoms with van der Waals surface area (Å²) < 4.78 is 39.9. The number of hydrogen-bond acceptors (Lipinski definition) is 1. The lowest BCUT2D eigenvalue weighted by atomic mass is 10.1. The molecule has 0 amide bonds. The molecule has 0 saturated carbocycles. The molecule has 0 heterocycles. The van der Waals surface area contributed by atoms with Gasteiger partial charge in [0.15, 0.2) is 0 Å². The highest BCUT2D eigenvalue weighted by atomic mass is 35.5. The molecule has 1 aromatic carbocycles. The van der Waals surface area contributed by atoms with E-state index in [0.29, 0.717) is 24.3 Å². The van der Waals surface area contributed by atoms with Gasteiger partial charge in [-0.15, -0.1) is 24.8 Å². The number of halogens is 4. The predicted molar refractivity (Wildman–Crippen MR) is 52.2 cm³/mol. The van der Waals surface area contributed by atoms with Crippen molar-refractivity contribution in [1.82, 2.24) is 0 Å². The first-order valence-electron chi connectivity index (χ1n) is 4.42. The van der Waals surface area contributed by atoms with E-state index in [1.54, 1.807) is 12.1 Å². The van der Waals surface area contributed by atoms with Crippen molar-refractivity contribution in [1.29, 1.82) is 0 Å². The van der Waals surface area contributed by atoms with Gasteiger partial charge in [-0.1, -0.05) is 18.2 Å². The average Bonchev–Trinajstić information content (AvgIpc) is 2.14. The quantitative estimate of drug-likeness (QED) is 0.726. The molecular weight excluding hydrogens is 229 g/mol. The van der Waals surface area contributed by atoms with Gasteiger partial charge < -0.3 is 4.74 Å². The van der Waals surface area contributed by atoms with E-state index in [9.17, 15) is 13.2 Å². The minimum Gasteiger partial charge on any atom is -0.406 e. The summed E-state index contributed by atoms with van der Waals surface area (Å²) in [7, 11) is 0. The van der Waals surface area contributed by atoms with Crippen molar-refractivity contribution in [3.05, 3.63) is 29.8 Å². The Hall–Kier alpha value is -0.900. The fraction of sp³-hybridized carbons (Fsp3) is 0.400. The highest BCUT2D eigenvalue weighted by Gasteiger charge is 2.31. The minimum atomic E-state index is -4.64. The van der Waals surface area contributed by atoms with Gasteiger partial charge in [0.2, 0.25) is 0 Å². The molecule has 0 unspecified atom stereocenters. The van der Waals surface area contributed by atoms with Crippen LogP contribution in [0.4, 0.5) is 13.2 Å². The van der Waals surface area contributed by atoms with Crippen molar-refractivity contribution >= 4 is 11.6 Å². The predicted octanol–water partition coefficient (Wildman–Crippen LogP) is 3.76. The number of hydrogen-bond donors (Lipinski definition) is 0. The summed E-state index contributed by atoms with van der Waals surface area (Å²) in [6, 6.07) is 6.09. The summed E-state index contributed by atoms with van der Waals surface area (Å²) in [5, 5.41) is 0. The molecule has 0 bridgehead atoms. The van der Waals surface area contributed by atoms with Crippen LogP contribution in [0.3, 0.4) is 0 Å². The molecule has 0 spiro atoms. The van der Waals surface area contributed by atoms with E-state index in [1.165, 1.54) is 12.1 Å². The maximum absolute atomic E-state index is 12.0. The fourth-order valence-electron chi connectivity index (χ4n) is 1.19. The van der Waals surface area contributed by atoms with Crippen molar-refractivity contribution in [3.63, 3.8) is 0 Å². The molecule has 0 saturated heterocycles. The standard InChI is InChI=1S/C10H10ClF3O/c11-7-3-5-8-4-1-2-6-9(8)15-10(12,13)14/h1-2,4,6H,3,5,7H2. The Morgan fingerprint density at radius 2 is 1.87 bits per heavy atom. The largest absolute Gasteiger partial charge is 0.573 e. The van der Waals surface area contributed by atoms with Gasteiger partial charge in [-0.05, 0) is 24.5 Å². The Labute approximate surface area is 90.8 Å². The molecule has 1 rings (SSSR count). The third-order valence-corrected chi connectivity index (χ3v) is 2.05. The molecule has 5 heteroatoms. The van der Waals surface area contributed by atoms with E-state index in [2.05, 4.69) is 4.74 Å². The molecule has 0 aromatic heterocycles. The Morgan fingerprint density at radius 3 is 2.47 bits per heavy atom. The lowest BCUT2D eigenvalue weighted by Crippen LogP contribution is -2.18. The van der Waals surface area contributed by atoms with Gasteiger partial charge in [-0.25, -0.2) is 0 Å². The zero-order valence-electron chi connectivity index (χ0n) is 7.85. The second-order valence-corrected chi connectivity index (χ2v) is 3.33. The average molecular weight is 239 g/mol. The van der Waals surface area contributed by atoms with Gasteiger partial charge in [0.1, 0.15) is 5.75 Å². The van der Waals surface area contributed by atoms with Crippen LogP contribution in [0.1, 0.15) is 12.0 Å². The summed E-state index contributed by atoms with van der Waals surface area (Å²) >= 11 is 5.47. The topological polar surface area (TPSA) is 9.23 Å². The fourth-order valence-corrected chi connectivity index (χ4v) is 1.33. The summed E-state index contributed by atoms with van der Waals surface area (Å²) in [5.41, 5.74) is 0.524. The van der Waals surface area contributed by atoms with E-state index in [1.807, 2.05) is 0 Å². The first-order chi connectivity index (χ1) is 7.03. The van der Waals surface area contributed by atoms with Crippen molar-refractivity contribution in [2.75, 3.05) is 5.88 Å². The van der Waals surface area contributed by atoms with Gasteiger partial charge in [-0.2, -0.15) is 0 Å². The zero-order chi connectivity index (χ0) is 11.3. The Bertz CT molecular complexity index is 312. The SMILES string of the molecule is FC(F)(F)Oc1ccccc1CCCCl. The minimum absolute atomic E-state index is 0.143.